The van der Waals surface area contributed by atoms with Crippen LogP contribution in [0.5, 0.6) is 5.75 Å². The number of aryl methyl sites for hydroxylation is 2. The van der Waals surface area contributed by atoms with Gasteiger partial charge in [-0.1, -0.05) is 36.4 Å². The number of carbonyl (C=O) groups is 1. The van der Waals surface area contributed by atoms with E-state index in [1.165, 1.54) is 13.2 Å². The van der Waals surface area contributed by atoms with E-state index in [1.54, 1.807) is 23.6 Å². The van der Waals surface area contributed by atoms with Crippen LogP contribution in [0.15, 0.2) is 76.4 Å². The Morgan fingerprint density at radius 1 is 1.05 bits per heavy atom. The third-order valence-corrected chi connectivity index (χ3v) is 6.91. The van der Waals surface area contributed by atoms with Gasteiger partial charge < -0.3 is 24.4 Å². The Kier molecular flexibility index (Phi) is 6.40. The van der Waals surface area contributed by atoms with Crippen LogP contribution in [0.25, 0.3) is 21.8 Å². The van der Waals surface area contributed by atoms with E-state index in [0.717, 1.165) is 21.9 Å². The Labute approximate surface area is 212 Å². The number of hydrogen-bond acceptors (Lipinski definition) is 5. The largest absolute Gasteiger partial charge is 0.507 e. The Hall–Kier alpha value is -4.59. The van der Waals surface area contributed by atoms with Crippen molar-refractivity contribution in [2.45, 2.75) is 32.2 Å². The summed E-state index contributed by atoms with van der Waals surface area (Å²) in [6.07, 6.45) is 2.24. The molecule has 0 aliphatic carbocycles. The summed E-state index contributed by atoms with van der Waals surface area (Å²) in [5.74, 6) is -1.84. The van der Waals surface area contributed by atoms with Gasteiger partial charge >= 0.3 is 5.97 Å². The van der Waals surface area contributed by atoms with Crippen molar-refractivity contribution >= 4 is 27.8 Å². The molecule has 0 aliphatic heterocycles. The number of carbonyl (C=O) groups excluding carboxylic acids is 1. The van der Waals surface area contributed by atoms with E-state index in [2.05, 4.69) is 9.97 Å². The molecule has 0 spiro atoms. The van der Waals surface area contributed by atoms with Gasteiger partial charge in [-0.25, -0.2) is 0 Å². The molecule has 1 atom stereocenters. The van der Waals surface area contributed by atoms with Crippen molar-refractivity contribution in [3.05, 3.63) is 110 Å². The van der Waals surface area contributed by atoms with Crippen LogP contribution in [0.4, 0.5) is 0 Å². The average molecular weight is 498 g/mol. The van der Waals surface area contributed by atoms with E-state index in [-0.39, 0.29) is 23.3 Å². The zero-order chi connectivity index (χ0) is 26.1. The minimum absolute atomic E-state index is 0.00397. The molecule has 0 fully saturated rings. The van der Waals surface area contributed by atoms with E-state index < -0.39 is 23.0 Å². The number of esters is 1. The summed E-state index contributed by atoms with van der Waals surface area (Å²) in [6.45, 7) is 2.11. The number of para-hydroxylation sites is 2. The molecule has 2 aromatic carbocycles. The van der Waals surface area contributed by atoms with Crippen LogP contribution in [0.1, 0.15) is 34.7 Å². The van der Waals surface area contributed by atoms with Gasteiger partial charge in [0.15, 0.2) is 0 Å². The molecule has 37 heavy (non-hydrogen) atoms. The van der Waals surface area contributed by atoms with Gasteiger partial charge in [0.05, 0.1) is 19.1 Å². The van der Waals surface area contributed by atoms with Crippen LogP contribution in [0.3, 0.4) is 0 Å². The number of nitrogens with one attached hydrogen (secondary N) is 2. The molecule has 3 N–H and O–H groups in total. The Morgan fingerprint density at radius 2 is 1.78 bits per heavy atom. The minimum Gasteiger partial charge on any atom is -0.507 e. The number of ether oxygens (including phenoxy) is 1. The minimum atomic E-state index is -0.992. The number of aromatic hydroxyl groups is 1. The summed E-state index contributed by atoms with van der Waals surface area (Å²) in [5, 5.41) is 12.8. The third kappa shape index (κ3) is 4.53. The lowest BCUT2D eigenvalue weighted by Crippen LogP contribution is -2.31. The van der Waals surface area contributed by atoms with Gasteiger partial charge in [-0.05, 0) is 48.6 Å². The van der Waals surface area contributed by atoms with E-state index >= 15 is 0 Å². The molecule has 3 heterocycles. The first-order valence-corrected chi connectivity index (χ1v) is 12.0. The summed E-state index contributed by atoms with van der Waals surface area (Å²) in [7, 11) is 1.25. The predicted molar refractivity (Wildman–Crippen MR) is 142 cm³/mol. The number of rotatable bonds is 7. The summed E-state index contributed by atoms with van der Waals surface area (Å²) >= 11 is 0. The number of hydrogen-bond donors (Lipinski definition) is 3. The predicted octanol–water partition coefficient (Wildman–Crippen LogP) is 4.12. The zero-order valence-electron chi connectivity index (χ0n) is 20.6. The lowest BCUT2D eigenvalue weighted by molar-refractivity contribution is -0.140. The molecule has 188 valence electrons. The maximum absolute atomic E-state index is 13.8. The number of pyridine rings is 2. The zero-order valence-corrected chi connectivity index (χ0v) is 20.6. The topological polar surface area (TPSA) is 117 Å². The van der Waals surface area contributed by atoms with Crippen molar-refractivity contribution < 1.29 is 14.6 Å². The van der Waals surface area contributed by atoms with Gasteiger partial charge in [0.2, 0.25) is 0 Å². The highest BCUT2D eigenvalue weighted by molar-refractivity contribution is 5.83. The molecule has 3 aromatic heterocycles. The monoisotopic (exact) mass is 497 g/mol. The number of H-pyrrole nitrogens is 2. The van der Waals surface area contributed by atoms with Crippen LogP contribution in [-0.4, -0.2) is 32.7 Å². The van der Waals surface area contributed by atoms with Gasteiger partial charge in [-0.15, -0.1) is 0 Å². The van der Waals surface area contributed by atoms with Crippen LogP contribution in [0.2, 0.25) is 0 Å². The fourth-order valence-corrected chi connectivity index (χ4v) is 4.99. The number of benzene rings is 2. The van der Waals surface area contributed by atoms with Crippen LogP contribution < -0.4 is 11.1 Å². The van der Waals surface area contributed by atoms with Gasteiger partial charge in [0, 0.05) is 46.3 Å². The quantitative estimate of drug-likeness (QED) is 0.293. The fraction of sp³-hybridized carbons (Fsp3) is 0.207. The molecule has 8 nitrogen and oxygen atoms in total. The Balaban J connectivity index is 1.61. The number of nitrogens with zero attached hydrogens (tertiary/aromatic N) is 1. The summed E-state index contributed by atoms with van der Waals surface area (Å²) in [5.41, 5.74) is 2.62. The summed E-state index contributed by atoms with van der Waals surface area (Å²) in [6, 6.07) is 18.4. The van der Waals surface area contributed by atoms with Gasteiger partial charge in [-0.2, -0.15) is 0 Å². The van der Waals surface area contributed by atoms with E-state index in [0.29, 0.717) is 24.2 Å². The van der Waals surface area contributed by atoms with Crippen molar-refractivity contribution in [2.75, 3.05) is 7.11 Å². The van der Waals surface area contributed by atoms with Gasteiger partial charge in [0.1, 0.15) is 5.75 Å². The summed E-state index contributed by atoms with van der Waals surface area (Å²) in [4.78, 5) is 45.4. The van der Waals surface area contributed by atoms with E-state index in [1.807, 2.05) is 48.7 Å². The third-order valence-electron chi connectivity index (χ3n) is 6.91. The van der Waals surface area contributed by atoms with Crippen LogP contribution in [0, 0.1) is 6.92 Å². The van der Waals surface area contributed by atoms with E-state index in [9.17, 15) is 19.5 Å². The lowest BCUT2D eigenvalue weighted by Gasteiger charge is -2.20. The fourth-order valence-electron chi connectivity index (χ4n) is 4.99. The van der Waals surface area contributed by atoms with Crippen molar-refractivity contribution in [3.63, 3.8) is 0 Å². The number of methoxy groups -OCH3 is 1. The van der Waals surface area contributed by atoms with Crippen molar-refractivity contribution in [3.8, 4) is 5.75 Å². The molecule has 0 aliphatic rings. The molecule has 0 saturated heterocycles. The lowest BCUT2D eigenvalue weighted by atomic mass is 9.88. The Morgan fingerprint density at radius 3 is 2.57 bits per heavy atom. The van der Waals surface area contributed by atoms with Crippen molar-refractivity contribution in [2.24, 2.45) is 0 Å². The maximum Gasteiger partial charge on any atom is 0.306 e. The second-order valence-corrected chi connectivity index (χ2v) is 9.12. The van der Waals surface area contributed by atoms with Crippen molar-refractivity contribution in [1.29, 1.82) is 0 Å². The normalized spacial score (nSPS) is 12.2. The molecule has 5 aromatic rings. The first-order valence-electron chi connectivity index (χ1n) is 12.0. The standard InChI is InChI=1S/C29H27N3O5/c1-17-13-25(33)27(29(36)32(17)12-11-19-16-30-24-10-6-4-8-20(19)24)21(15-26(34)37-2)22-14-18-7-3-5-9-23(18)31-28(22)35/h3-10,13-14,16,21,30,33H,11-12,15H2,1-2H3,(H,31,35). The highest BCUT2D eigenvalue weighted by atomic mass is 16.5. The highest BCUT2D eigenvalue weighted by Gasteiger charge is 2.29. The molecule has 0 amide bonds. The number of aromatic nitrogens is 3. The molecule has 1 unspecified atom stereocenters. The van der Waals surface area contributed by atoms with Crippen LogP contribution in [-0.2, 0) is 22.5 Å². The first-order chi connectivity index (χ1) is 17.9. The smallest absolute Gasteiger partial charge is 0.306 e. The molecular weight excluding hydrogens is 470 g/mol. The number of aromatic amines is 2. The highest BCUT2D eigenvalue weighted by Crippen LogP contribution is 2.32. The molecular formula is C29H27N3O5. The van der Waals surface area contributed by atoms with Crippen LogP contribution >= 0.6 is 0 Å². The maximum atomic E-state index is 13.8. The summed E-state index contributed by atoms with van der Waals surface area (Å²) < 4.78 is 6.46. The Bertz CT molecular complexity index is 1740. The van der Waals surface area contributed by atoms with Gasteiger partial charge in [-0.3, -0.25) is 14.4 Å². The number of fused-ring (bicyclic) bond motifs is 2. The SMILES string of the molecule is COC(=O)CC(c1cc2ccccc2[nH]c1=O)c1c(O)cc(C)n(CCc2c[nH]c3ccccc23)c1=O. The first kappa shape index (κ1) is 24.1. The molecule has 0 radical (unpaired) electrons. The van der Waals surface area contributed by atoms with Crippen molar-refractivity contribution in [1.82, 2.24) is 14.5 Å². The molecule has 0 saturated carbocycles. The molecule has 5 rings (SSSR count). The molecule has 8 heteroatoms. The average Bonchev–Trinajstić information content (AvgIpc) is 3.30. The second-order valence-electron chi connectivity index (χ2n) is 9.12. The second kappa shape index (κ2) is 9.81. The van der Waals surface area contributed by atoms with Gasteiger partial charge in [0.25, 0.3) is 11.1 Å². The molecule has 0 bridgehead atoms. The van der Waals surface area contributed by atoms with E-state index in [4.69, 9.17) is 4.74 Å².